The molecule has 0 amide bonds. The van der Waals surface area contributed by atoms with Gasteiger partial charge in [0.05, 0.1) is 5.69 Å². The van der Waals surface area contributed by atoms with Crippen molar-refractivity contribution in [3.8, 4) is 11.3 Å². The topological polar surface area (TPSA) is 61.1 Å². The average Bonchev–Trinajstić information content (AvgIpc) is 2.80. The molecule has 76 valence electrons. The van der Waals surface area contributed by atoms with E-state index >= 15 is 0 Å². The number of nitrogen functional groups attached to an aromatic ring is 1. The largest absolute Gasteiger partial charge is 0.366 e. The Morgan fingerprint density at radius 3 is 3.07 bits per heavy atom. The summed E-state index contributed by atoms with van der Waals surface area (Å²) in [5.74, 6) is 0.319. The number of rotatable bonds is 1. The lowest BCUT2D eigenvalue weighted by atomic mass is 10.3. The van der Waals surface area contributed by atoms with Crippen molar-refractivity contribution < 1.29 is 0 Å². The van der Waals surface area contributed by atoms with Crippen LogP contribution >= 0.6 is 11.3 Å². The molecule has 0 aliphatic carbocycles. The summed E-state index contributed by atoms with van der Waals surface area (Å²) < 4.78 is 3.77. The smallest absolute Gasteiger partial charge is 0.241 e. The molecule has 0 radical (unpaired) electrons. The van der Waals surface area contributed by atoms with Gasteiger partial charge < -0.3 is 10.3 Å². The molecule has 0 unspecified atom stereocenters. The van der Waals surface area contributed by atoms with Crippen molar-refractivity contribution in [2.45, 2.75) is 0 Å². The Labute approximate surface area is 89.8 Å². The molecule has 0 spiro atoms. The normalized spacial score (nSPS) is 11.3. The van der Waals surface area contributed by atoms with Crippen molar-refractivity contribution in [2.24, 2.45) is 7.05 Å². The number of nitrogens with zero attached hydrogens (tertiary/aromatic N) is 4. The van der Waals surface area contributed by atoms with Crippen molar-refractivity contribution in [2.75, 3.05) is 5.73 Å². The number of thiazole rings is 1. The van der Waals surface area contributed by atoms with Gasteiger partial charge in [-0.15, -0.1) is 16.4 Å². The molecular weight excluding hydrogens is 210 g/mol. The lowest BCUT2D eigenvalue weighted by Gasteiger charge is -1.92. The predicted octanol–water partition coefficient (Wildman–Crippen LogP) is 1.38. The maximum Gasteiger partial charge on any atom is 0.241 e. The number of fused-ring (bicyclic) bond motifs is 1. The van der Waals surface area contributed by atoms with E-state index < -0.39 is 0 Å². The number of anilines is 1. The first-order valence-electron chi connectivity index (χ1n) is 4.46. The maximum atomic E-state index is 5.55. The Bertz CT molecular complexity index is 617. The summed E-state index contributed by atoms with van der Waals surface area (Å²) >= 11 is 1.54. The minimum atomic E-state index is 0.319. The van der Waals surface area contributed by atoms with Gasteiger partial charge in [-0.05, 0) is 6.07 Å². The number of nitrogens with two attached hydrogens (primary N) is 1. The Balaban J connectivity index is 2.26. The van der Waals surface area contributed by atoms with Crippen LogP contribution in [-0.2, 0) is 7.05 Å². The van der Waals surface area contributed by atoms with Gasteiger partial charge in [-0.2, -0.15) is 4.98 Å². The molecule has 0 aliphatic heterocycles. The molecule has 6 heteroatoms. The molecule has 3 aromatic heterocycles. The summed E-state index contributed by atoms with van der Waals surface area (Å²) in [5.41, 5.74) is 7.69. The maximum absolute atomic E-state index is 5.55. The second kappa shape index (κ2) is 2.83. The Kier molecular flexibility index (Phi) is 1.60. The van der Waals surface area contributed by atoms with E-state index in [-0.39, 0.29) is 0 Å². The van der Waals surface area contributed by atoms with E-state index in [4.69, 9.17) is 5.73 Å². The number of aromatic nitrogens is 4. The lowest BCUT2D eigenvalue weighted by molar-refractivity contribution is 0.926. The number of hydrogen-bond acceptors (Lipinski definition) is 4. The van der Waals surface area contributed by atoms with Gasteiger partial charge in [-0.3, -0.25) is 0 Å². The number of aryl methyl sites for hydroxylation is 1. The Morgan fingerprint density at radius 2 is 2.33 bits per heavy atom. The lowest BCUT2D eigenvalue weighted by Crippen LogP contribution is -1.90. The summed E-state index contributed by atoms with van der Waals surface area (Å²) in [6, 6.07) is 2.04. The third kappa shape index (κ3) is 1.22. The summed E-state index contributed by atoms with van der Waals surface area (Å²) in [6.45, 7) is 0. The van der Waals surface area contributed by atoms with Crippen molar-refractivity contribution in [3.05, 3.63) is 23.8 Å². The quantitative estimate of drug-likeness (QED) is 0.672. The van der Waals surface area contributed by atoms with Gasteiger partial charge in [0.25, 0.3) is 0 Å². The molecule has 3 heterocycles. The van der Waals surface area contributed by atoms with E-state index in [0.29, 0.717) is 5.95 Å². The van der Waals surface area contributed by atoms with Gasteiger partial charge in [0, 0.05) is 30.4 Å². The third-order valence-electron chi connectivity index (χ3n) is 2.23. The van der Waals surface area contributed by atoms with E-state index in [9.17, 15) is 0 Å². The molecule has 15 heavy (non-hydrogen) atoms. The first-order valence-corrected chi connectivity index (χ1v) is 5.34. The molecule has 5 nitrogen and oxygen atoms in total. The van der Waals surface area contributed by atoms with Gasteiger partial charge in [0.1, 0.15) is 0 Å². The first kappa shape index (κ1) is 8.49. The predicted molar refractivity (Wildman–Crippen MR) is 59.7 cm³/mol. The summed E-state index contributed by atoms with van der Waals surface area (Å²) in [5, 5.41) is 6.18. The highest BCUT2D eigenvalue weighted by Gasteiger charge is 2.10. The van der Waals surface area contributed by atoms with E-state index in [1.807, 2.05) is 35.5 Å². The second-order valence-corrected chi connectivity index (χ2v) is 4.19. The van der Waals surface area contributed by atoms with Crippen LogP contribution in [0.15, 0.2) is 23.8 Å². The highest BCUT2D eigenvalue weighted by molar-refractivity contribution is 7.15. The Morgan fingerprint density at radius 1 is 1.47 bits per heavy atom. The van der Waals surface area contributed by atoms with Gasteiger partial charge in [-0.25, -0.2) is 4.52 Å². The summed E-state index contributed by atoms with van der Waals surface area (Å²) in [7, 11) is 1.99. The highest BCUT2D eigenvalue weighted by Crippen LogP contribution is 2.25. The molecule has 2 N–H and O–H groups in total. The third-order valence-corrected chi connectivity index (χ3v) is 3.04. The molecule has 0 saturated carbocycles. The zero-order valence-corrected chi connectivity index (χ0v) is 8.90. The minimum Gasteiger partial charge on any atom is -0.366 e. The minimum absolute atomic E-state index is 0.319. The Hall–Kier alpha value is -1.82. The number of hydrogen-bond donors (Lipinski definition) is 1. The molecule has 3 rings (SSSR count). The van der Waals surface area contributed by atoms with E-state index in [2.05, 4.69) is 10.1 Å². The van der Waals surface area contributed by atoms with Crippen molar-refractivity contribution in [1.82, 2.24) is 19.2 Å². The fraction of sp³-hybridized carbons (Fsp3) is 0.111. The van der Waals surface area contributed by atoms with Crippen LogP contribution in [0, 0.1) is 0 Å². The van der Waals surface area contributed by atoms with E-state index in [0.717, 1.165) is 16.2 Å². The standard InChI is InChI=1S/C9H9N5S/c1-13-3-2-6(4-13)7-5-15-9-11-8(10)12-14(7)9/h2-5H,1H3,(H2,10,12). The van der Waals surface area contributed by atoms with Crippen LogP contribution in [0.1, 0.15) is 0 Å². The van der Waals surface area contributed by atoms with Crippen LogP contribution in [0.2, 0.25) is 0 Å². The van der Waals surface area contributed by atoms with Crippen LogP contribution in [0.5, 0.6) is 0 Å². The van der Waals surface area contributed by atoms with Gasteiger partial charge in [-0.1, -0.05) is 0 Å². The highest BCUT2D eigenvalue weighted by atomic mass is 32.1. The van der Waals surface area contributed by atoms with Crippen LogP contribution in [0.25, 0.3) is 16.2 Å². The van der Waals surface area contributed by atoms with Crippen LogP contribution < -0.4 is 5.73 Å². The zero-order chi connectivity index (χ0) is 10.4. The molecule has 0 saturated heterocycles. The molecule has 0 fully saturated rings. The van der Waals surface area contributed by atoms with Crippen LogP contribution in [0.4, 0.5) is 5.95 Å². The molecule has 3 aromatic rings. The second-order valence-electron chi connectivity index (χ2n) is 3.35. The van der Waals surface area contributed by atoms with Crippen molar-refractivity contribution in [1.29, 1.82) is 0 Å². The van der Waals surface area contributed by atoms with Crippen LogP contribution in [0.3, 0.4) is 0 Å². The monoisotopic (exact) mass is 219 g/mol. The fourth-order valence-corrected chi connectivity index (χ4v) is 2.39. The molecule has 0 atom stereocenters. The molecule has 0 aliphatic rings. The molecular formula is C9H9N5S. The van der Waals surface area contributed by atoms with Crippen LogP contribution in [-0.4, -0.2) is 19.2 Å². The fourth-order valence-electron chi connectivity index (χ4n) is 1.55. The van der Waals surface area contributed by atoms with Crippen molar-refractivity contribution in [3.63, 3.8) is 0 Å². The van der Waals surface area contributed by atoms with Gasteiger partial charge in [0.2, 0.25) is 10.9 Å². The summed E-state index contributed by atoms with van der Waals surface area (Å²) in [6.07, 6.45) is 4.04. The van der Waals surface area contributed by atoms with E-state index in [1.165, 1.54) is 11.3 Å². The van der Waals surface area contributed by atoms with E-state index in [1.54, 1.807) is 4.52 Å². The van der Waals surface area contributed by atoms with Gasteiger partial charge in [0.15, 0.2) is 0 Å². The first-order chi connectivity index (χ1) is 7.24. The SMILES string of the molecule is Cn1ccc(-c2csc3nc(N)nn23)c1. The zero-order valence-electron chi connectivity index (χ0n) is 8.08. The molecule has 0 aromatic carbocycles. The van der Waals surface area contributed by atoms with Gasteiger partial charge >= 0.3 is 0 Å². The average molecular weight is 219 g/mol. The molecule has 0 bridgehead atoms. The van der Waals surface area contributed by atoms with Crippen molar-refractivity contribution >= 4 is 22.2 Å². The summed E-state index contributed by atoms with van der Waals surface area (Å²) in [4.78, 5) is 4.93.